The second-order valence-corrected chi connectivity index (χ2v) is 3.82. The van der Waals surface area contributed by atoms with Crippen molar-refractivity contribution in [1.82, 2.24) is 5.32 Å². The number of nitrogens with one attached hydrogen (secondary N) is 1. The van der Waals surface area contributed by atoms with E-state index in [1.54, 1.807) is 7.11 Å². The molecule has 1 N–H and O–H groups in total. The Morgan fingerprint density at radius 3 is 3.00 bits per heavy atom. The molecule has 0 fully saturated rings. The zero-order valence-electron chi connectivity index (χ0n) is 9.19. The van der Waals surface area contributed by atoms with Gasteiger partial charge in [0.1, 0.15) is 11.9 Å². The smallest absolute Gasteiger partial charge is 0.123 e. The SMILES string of the molecule is CNC(COC)C1Cc2ccccc2O1. The highest BCUT2D eigenvalue weighted by molar-refractivity contribution is 5.37. The maximum Gasteiger partial charge on any atom is 0.123 e. The van der Waals surface area contributed by atoms with E-state index in [0.29, 0.717) is 6.61 Å². The van der Waals surface area contributed by atoms with Crippen LogP contribution in [0.25, 0.3) is 0 Å². The molecule has 0 saturated carbocycles. The fraction of sp³-hybridized carbons (Fsp3) is 0.500. The van der Waals surface area contributed by atoms with Crippen LogP contribution in [-0.2, 0) is 11.2 Å². The zero-order chi connectivity index (χ0) is 10.7. The first-order chi connectivity index (χ1) is 7.35. The summed E-state index contributed by atoms with van der Waals surface area (Å²) in [6.45, 7) is 0.676. The summed E-state index contributed by atoms with van der Waals surface area (Å²) in [5, 5.41) is 3.23. The van der Waals surface area contributed by atoms with Gasteiger partial charge in [0.05, 0.1) is 12.6 Å². The van der Waals surface area contributed by atoms with Crippen LogP contribution in [-0.4, -0.2) is 32.9 Å². The molecule has 2 rings (SSSR count). The predicted octanol–water partition coefficient (Wildman–Crippen LogP) is 1.22. The minimum atomic E-state index is 0.187. The normalized spacial score (nSPS) is 20.8. The van der Waals surface area contributed by atoms with Crippen LogP contribution in [0.5, 0.6) is 5.75 Å². The van der Waals surface area contributed by atoms with Crippen LogP contribution in [0.3, 0.4) is 0 Å². The fourth-order valence-corrected chi connectivity index (χ4v) is 1.99. The number of likely N-dealkylation sites (N-methyl/N-ethyl adjacent to an activating group) is 1. The number of rotatable bonds is 4. The largest absolute Gasteiger partial charge is 0.488 e. The summed E-state index contributed by atoms with van der Waals surface area (Å²) in [7, 11) is 3.66. The quantitative estimate of drug-likeness (QED) is 0.805. The highest BCUT2D eigenvalue weighted by Crippen LogP contribution is 2.29. The average molecular weight is 207 g/mol. The summed E-state index contributed by atoms with van der Waals surface area (Å²) in [5.41, 5.74) is 1.29. The third kappa shape index (κ3) is 2.13. The molecule has 1 aromatic rings. The minimum absolute atomic E-state index is 0.187. The predicted molar refractivity (Wildman–Crippen MR) is 59.3 cm³/mol. The van der Waals surface area contributed by atoms with Crippen LogP contribution in [0.2, 0.25) is 0 Å². The van der Waals surface area contributed by atoms with E-state index in [2.05, 4.69) is 17.4 Å². The molecule has 0 bridgehead atoms. The summed E-state index contributed by atoms with van der Waals surface area (Å²) >= 11 is 0. The van der Waals surface area contributed by atoms with Gasteiger partial charge in [0.15, 0.2) is 0 Å². The molecule has 2 atom stereocenters. The lowest BCUT2D eigenvalue weighted by atomic mass is 10.1. The van der Waals surface area contributed by atoms with Crippen LogP contribution >= 0.6 is 0 Å². The van der Waals surface area contributed by atoms with Crippen molar-refractivity contribution in [2.24, 2.45) is 0 Å². The standard InChI is InChI=1S/C12H17NO2/c1-13-10(8-14-2)12-7-9-5-3-4-6-11(9)15-12/h3-6,10,12-13H,7-8H2,1-2H3. The van der Waals surface area contributed by atoms with Crippen molar-refractivity contribution in [3.63, 3.8) is 0 Å². The Labute approximate surface area is 90.4 Å². The van der Waals surface area contributed by atoms with E-state index in [4.69, 9.17) is 9.47 Å². The van der Waals surface area contributed by atoms with Crippen molar-refractivity contribution in [3.8, 4) is 5.75 Å². The van der Waals surface area contributed by atoms with Gasteiger partial charge in [0, 0.05) is 13.5 Å². The summed E-state index contributed by atoms with van der Waals surface area (Å²) < 4.78 is 11.0. The molecule has 0 radical (unpaired) electrons. The van der Waals surface area contributed by atoms with Gasteiger partial charge in [0.25, 0.3) is 0 Å². The number of methoxy groups -OCH3 is 1. The number of fused-ring (bicyclic) bond motifs is 1. The van der Waals surface area contributed by atoms with Gasteiger partial charge in [-0.3, -0.25) is 0 Å². The number of ether oxygens (including phenoxy) is 2. The number of hydrogen-bond acceptors (Lipinski definition) is 3. The van der Waals surface area contributed by atoms with Crippen LogP contribution in [0.4, 0.5) is 0 Å². The molecule has 1 heterocycles. The van der Waals surface area contributed by atoms with E-state index < -0.39 is 0 Å². The highest BCUT2D eigenvalue weighted by Gasteiger charge is 2.28. The van der Waals surface area contributed by atoms with Gasteiger partial charge in [0.2, 0.25) is 0 Å². The average Bonchev–Trinajstić information content (AvgIpc) is 2.69. The monoisotopic (exact) mass is 207 g/mol. The molecule has 3 heteroatoms. The molecule has 1 aromatic carbocycles. The van der Waals surface area contributed by atoms with E-state index in [0.717, 1.165) is 12.2 Å². The molecular weight excluding hydrogens is 190 g/mol. The van der Waals surface area contributed by atoms with Gasteiger partial charge in [-0.05, 0) is 18.7 Å². The van der Waals surface area contributed by atoms with Crippen molar-refractivity contribution in [1.29, 1.82) is 0 Å². The Kier molecular flexibility index (Phi) is 3.23. The lowest BCUT2D eigenvalue weighted by Crippen LogP contribution is -2.43. The molecule has 1 aliphatic rings. The maximum absolute atomic E-state index is 5.87. The van der Waals surface area contributed by atoms with Crippen molar-refractivity contribution < 1.29 is 9.47 Å². The number of para-hydroxylation sites is 1. The summed E-state index contributed by atoms with van der Waals surface area (Å²) in [6.07, 6.45) is 1.15. The third-order valence-electron chi connectivity index (χ3n) is 2.84. The Balaban J connectivity index is 2.05. The molecule has 1 aliphatic heterocycles. The maximum atomic E-state index is 5.87. The van der Waals surface area contributed by atoms with E-state index in [-0.39, 0.29) is 12.1 Å². The Bertz CT molecular complexity index is 302. The molecule has 82 valence electrons. The van der Waals surface area contributed by atoms with Gasteiger partial charge < -0.3 is 14.8 Å². The topological polar surface area (TPSA) is 30.5 Å². The van der Waals surface area contributed by atoms with E-state index in [9.17, 15) is 0 Å². The third-order valence-corrected chi connectivity index (χ3v) is 2.84. The molecule has 0 aromatic heterocycles. The highest BCUT2D eigenvalue weighted by atomic mass is 16.5. The Hall–Kier alpha value is -1.06. The number of hydrogen-bond donors (Lipinski definition) is 1. The number of benzene rings is 1. The lowest BCUT2D eigenvalue weighted by molar-refractivity contribution is 0.101. The van der Waals surface area contributed by atoms with E-state index >= 15 is 0 Å². The molecule has 0 amide bonds. The van der Waals surface area contributed by atoms with E-state index in [1.165, 1.54) is 5.56 Å². The van der Waals surface area contributed by atoms with Crippen LogP contribution in [0, 0.1) is 0 Å². The summed E-state index contributed by atoms with van der Waals surface area (Å²) in [4.78, 5) is 0. The van der Waals surface area contributed by atoms with E-state index in [1.807, 2.05) is 19.2 Å². The summed E-state index contributed by atoms with van der Waals surface area (Å²) in [5.74, 6) is 1.01. The second-order valence-electron chi connectivity index (χ2n) is 3.82. The van der Waals surface area contributed by atoms with Crippen molar-refractivity contribution in [3.05, 3.63) is 29.8 Å². The van der Waals surface area contributed by atoms with Gasteiger partial charge in [-0.25, -0.2) is 0 Å². The van der Waals surface area contributed by atoms with Gasteiger partial charge in [-0.1, -0.05) is 18.2 Å². The fourth-order valence-electron chi connectivity index (χ4n) is 1.99. The molecule has 0 spiro atoms. The van der Waals surface area contributed by atoms with Crippen LogP contribution < -0.4 is 10.1 Å². The first-order valence-electron chi connectivity index (χ1n) is 5.26. The van der Waals surface area contributed by atoms with Gasteiger partial charge in [-0.2, -0.15) is 0 Å². The molecule has 2 unspecified atom stereocenters. The molecular formula is C12H17NO2. The summed E-state index contributed by atoms with van der Waals surface area (Å²) in [6, 6.07) is 8.45. The van der Waals surface area contributed by atoms with Crippen LogP contribution in [0.1, 0.15) is 5.56 Å². The first-order valence-corrected chi connectivity index (χ1v) is 5.26. The van der Waals surface area contributed by atoms with Gasteiger partial charge in [-0.15, -0.1) is 0 Å². The molecule has 0 saturated heterocycles. The second kappa shape index (κ2) is 4.64. The van der Waals surface area contributed by atoms with Gasteiger partial charge >= 0.3 is 0 Å². The first kappa shape index (κ1) is 10.5. The minimum Gasteiger partial charge on any atom is -0.488 e. The van der Waals surface area contributed by atoms with Crippen molar-refractivity contribution >= 4 is 0 Å². The molecule has 15 heavy (non-hydrogen) atoms. The lowest BCUT2D eigenvalue weighted by Gasteiger charge is -2.21. The Morgan fingerprint density at radius 1 is 1.53 bits per heavy atom. The Morgan fingerprint density at radius 2 is 2.33 bits per heavy atom. The van der Waals surface area contributed by atoms with Crippen molar-refractivity contribution in [2.45, 2.75) is 18.6 Å². The molecule has 0 aliphatic carbocycles. The van der Waals surface area contributed by atoms with Crippen LogP contribution in [0.15, 0.2) is 24.3 Å². The molecule has 3 nitrogen and oxygen atoms in total. The van der Waals surface area contributed by atoms with Crippen molar-refractivity contribution in [2.75, 3.05) is 20.8 Å². The zero-order valence-corrected chi connectivity index (χ0v) is 9.19.